The van der Waals surface area contributed by atoms with E-state index in [1.807, 2.05) is 0 Å². The molecule has 0 radical (unpaired) electrons. The summed E-state index contributed by atoms with van der Waals surface area (Å²) in [6.07, 6.45) is -2.47. The molecule has 0 spiro atoms. The molecule has 6 heteroatoms. The third-order valence-electron chi connectivity index (χ3n) is 2.25. The van der Waals surface area contributed by atoms with Crippen LogP contribution in [0, 0.1) is 6.92 Å². The van der Waals surface area contributed by atoms with Crippen molar-refractivity contribution in [1.29, 1.82) is 0 Å². The molecular weight excluding hydrogens is 209 g/mol. The van der Waals surface area contributed by atoms with Crippen molar-refractivity contribution in [3.8, 4) is 0 Å². The smallest absolute Gasteiger partial charge is 0.375 e. The molecule has 0 saturated carbocycles. The Hall–Kier alpha value is -1.14. The van der Waals surface area contributed by atoms with Crippen molar-refractivity contribution in [2.75, 3.05) is 6.54 Å². The van der Waals surface area contributed by atoms with E-state index in [-0.39, 0.29) is 5.56 Å². The molecule has 0 aliphatic heterocycles. The van der Waals surface area contributed by atoms with E-state index in [1.165, 1.54) is 19.2 Å². The third-order valence-corrected chi connectivity index (χ3v) is 2.25. The summed E-state index contributed by atoms with van der Waals surface area (Å²) in [6, 6.07) is 1.39. The van der Waals surface area contributed by atoms with Crippen LogP contribution in [0.15, 0.2) is 18.5 Å². The minimum Gasteiger partial charge on any atom is -0.375 e. The Morgan fingerprint density at radius 1 is 1.47 bits per heavy atom. The van der Waals surface area contributed by atoms with Crippen LogP contribution in [-0.4, -0.2) is 22.8 Å². The van der Waals surface area contributed by atoms with Crippen molar-refractivity contribution in [2.24, 2.45) is 5.73 Å². The van der Waals surface area contributed by atoms with Gasteiger partial charge in [-0.1, -0.05) is 0 Å². The summed E-state index contributed by atoms with van der Waals surface area (Å²) in [5, 5.41) is 9.52. The number of aromatic nitrogens is 1. The molecule has 1 unspecified atom stereocenters. The molecule has 0 aromatic carbocycles. The first-order chi connectivity index (χ1) is 6.83. The Kier molecular flexibility index (Phi) is 3.01. The van der Waals surface area contributed by atoms with E-state index >= 15 is 0 Å². The lowest BCUT2D eigenvalue weighted by atomic mass is 9.91. The van der Waals surface area contributed by atoms with Gasteiger partial charge in [0.1, 0.15) is 0 Å². The molecule has 0 bridgehead atoms. The number of alkyl halides is 3. The number of nitrogens with two attached hydrogens (primary N) is 1. The molecule has 0 fully saturated rings. The maximum Gasteiger partial charge on any atom is 0.422 e. The van der Waals surface area contributed by atoms with Crippen molar-refractivity contribution in [2.45, 2.75) is 18.7 Å². The molecular formula is C9H11F3N2O. The van der Waals surface area contributed by atoms with Crippen molar-refractivity contribution in [1.82, 2.24) is 4.98 Å². The summed E-state index contributed by atoms with van der Waals surface area (Å²) in [5.74, 6) is 0. The number of aryl methyl sites for hydroxylation is 1. The number of hydrogen-bond donors (Lipinski definition) is 2. The van der Waals surface area contributed by atoms with E-state index in [0.717, 1.165) is 6.20 Å². The lowest BCUT2D eigenvalue weighted by Crippen LogP contribution is -2.48. The van der Waals surface area contributed by atoms with Gasteiger partial charge in [-0.3, -0.25) is 4.98 Å². The number of nitrogens with zero attached hydrogens (tertiary/aromatic N) is 1. The van der Waals surface area contributed by atoms with E-state index in [4.69, 9.17) is 5.73 Å². The summed E-state index contributed by atoms with van der Waals surface area (Å²) in [6.45, 7) is 0.534. The first kappa shape index (κ1) is 11.9. The summed E-state index contributed by atoms with van der Waals surface area (Å²) in [4.78, 5) is 3.56. The predicted molar refractivity (Wildman–Crippen MR) is 48.0 cm³/mol. The Bertz CT molecular complexity index is 353. The van der Waals surface area contributed by atoms with Crippen LogP contribution < -0.4 is 5.73 Å². The van der Waals surface area contributed by atoms with Gasteiger partial charge < -0.3 is 10.8 Å². The molecule has 15 heavy (non-hydrogen) atoms. The quantitative estimate of drug-likeness (QED) is 0.784. The standard InChI is InChI=1S/C9H11F3N2O/c1-6-2-3-14-4-7(6)8(15,5-13)9(10,11)12/h2-4,15H,5,13H2,1H3. The molecule has 0 aliphatic carbocycles. The van der Waals surface area contributed by atoms with Gasteiger partial charge >= 0.3 is 6.18 Å². The van der Waals surface area contributed by atoms with Crippen LogP contribution in [0.1, 0.15) is 11.1 Å². The van der Waals surface area contributed by atoms with E-state index in [0.29, 0.717) is 5.56 Å². The van der Waals surface area contributed by atoms with Crippen molar-refractivity contribution >= 4 is 0 Å². The minimum atomic E-state index is -4.81. The Morgan fingerprint density at radius 2 is 2.07 bits per heavy atom. The second-order valence-corrected chi connectivity index (χ2v) is 3.25. The highest BCUT2D eigenvalue weighted by Gasteiger charge is 2.54. The molecule has 3 nitrogen and oxygen atoms in total. The monoisotopic (exact) mass is 220 g/mol. The van der Waals surface area contributed by atoms with E-state index in [2.05, 4.69) is 4.98 Å². The fraction of sp³-hybridized carbons (Fsp3) is 0.444. The zero-order valence-electron chi connectivity index (χ0n) is 8.04. The fourth-order valence-corrected chi connectivity index (χ4v) is 1.28. The zero-order chi connectivity index (χ0) is 11.7. The number of pyridine rings is 1. The molecule has 0 saturated heterocycles. The first-order valence-corrected chi connectivity index (χ1v) is 4.23. The van der Waals surface area contributed by atoms with Gasteiger partial charge in [-0.25, -0.2) is 0 Å². The van der Waals surface area contributed by atoms with Crippen LogP contribution in [0.4, 0.5) is 13.2 Å². The van der Waals surface area contributed by atoms with Crippen LogP contribution >= 0.6 is 0 Å². The van der Waals surface area contributed by atoms with Gasteiger partial charge in [-0.15, -0.1) is 0 Å². The normalized spacial score (nSPS) is 16.1. The Morgan fingerprint density at radius 3 is 2.47 bits per heavy atom. The van der Waals surface area contributed by atoms with Gasteiger partial charge in [0, 0.05) is 24.5 Å². The van der Waals surface area contributed by atoms with Crippen LogP contribution in [-0.2, 0) is 5.60 Å². The SMILES string of the molecule is Cc1ccncc1C(O)(CN)C(F)(F)F. The number of rotatable bonds is 2. The molecule has 1 rings (SSSR count). The topological polar surface area (TPSA) is 59.1 Å². The summed E-state index contributed by atoms with van der Waals surface area (Å²) in [7, 11) is 0. The number of aliphatic hydroxyl groups is 1. The molecule has 1 heterocycles. The summed E-state index contributed by atoms with van der Waals surface area (Å²) < 4.78 is 37.8. The van der Waals surface area contributed by atoms with Gasteiger partial charge in [-0.05, 0) is 18.6 Å². The Labute approximate surface area is 84.7 Å². The van der Waals surface area contributed by atoms with E-state index in [1.54, 1.807) is 0 Å². The van der Waals surface area contributed by atoms with Crippen LogP contribution in [0.25, 0.3) is 0 Å². The lowest BCUT2D eigenvalue weighted by molar-refractivity contribution is -0.262. The maximum absolute atomic E-state index is 12.6. The maximum atomic E-state index is 12.6. The summed E-state index contributed by atoms with van der Waals surface area (Å²) in [5.41, 5.74) is 1.97. The third kappa shape index (κ3) is 1.95. The molecule has 3 N–H and O–H groups in total. The zero-order valence-corrected chi connectivity index (χ0v) is 8.04. The highest BCUT2D eigenvalue weighted by molar-refractivity contribution is 5.29. The highest BCUT2D eigenvalue weighted by atomic mass is 19.4. The van der Waals surface area contributed by atoms with Crippen LogP contribution in [0.2, 0.25) is 0 Å². The molecule has 1 aromatic rings. The predicted octanol–water partition coefficient (Wildman–Crippen LogP) is 1.10. The molecule has 84 valence electrons. The summed E-state index contributed by atoms with van der Waals surface area (Å²) >= 11 is 0. The van der Waals surface area contributed by atoms with Crippen molar-refractivity contribution in [3.63, 3.8) is 0 Å². The molecule has 1 atom stereocenters. The molecule has 0 aliphatic rings. The fourth-order valence-electron chi connectivity index (χ4n) is 1.28. The second kappa shape index (κ2) is 3.79. The van der Waals surface area contributed by atoms with Crippen molar-refractivity contribution < 1.29 is 18.3 Å². The average molecular weight is 220 g/mol. The van der Waals surface area contributed by atoms with Gasteiger partial charge in [0.15, 0.2) is 5.60 Å². The van der Waals surface area contributed by atoms with Gasteiger partial charge in [0.25, 0.3) is 0 Å². The minimum absolute atomic E-state index is 0.301. The Balaban J connectivity index is 3.30. The molecule has 0 amide bonds. The van der Waals surface area contributed by atoms with Gasteiger partial charge in [0.2, 0.25) is 0 Å². The second-order valence-electron chi connectivity index (χ2n) is 3.25. The number of halogens is 3. The van der Waals surface area contributed by atoms with Gasteiger partial charge in [-0.2, -0.15) is 13.2 Å². The van der Waals surface area contributed by atoms with Gasteiger partial charge in [0.05, 0.1) is 0 Å². The van der Waals surface area contributed by atoms with Crippen LogP contribution in [0.5, 0.6) is 0 Å². The molecule has 1 aromatic heterocycles. The number of hydrogen-bond acceptors (Lipinski definition) is 3. The largest absolute Gasteiger partial charge is 0.422 e. The average Bonchev–Trinajstić information content (AvgIpc) is 2.15. The van der Waals surface area contributed by atoms with Crippen LogP contribution in [0.3, 0.4) is 0 Å². The highest BCUT2D eigenvalue weighted by Crippen LogP contribution is 2.38. The first-order valence-electron chi connectivity index (χ1n) is 4.23. The lowest BCUT2D eigenvalue weighted by Gasteiger charge is -2.30. The van der Waals surface area contributed by atoms with E-state index < -0.39 is 18.3 Å². The van der Waals surface area contributed by atoms with E-state index in [9.17, 15) is 18.3 Å². The van der Waals surface area contributed by atoms with Crippen molar-refractivity contribution in [3.05, 3.63) is 29.6 Å².